The SMILES string of the molecule is O=C1NCCc2c(NCC3CCCO3)nc(-c3cccnc3)nc21. The summed E-state index contributed by atoms with van der Waals surface area (Å²) in [5.41, 5.74) is 2.12. The van der Waals surface area contributed by atoms with Gasteiger partial charge in [0.1, 0.15) is 11.5 Å². The maximum Gasteiger partial charge on any atom is 0.270 e. The minimum Gasteiger partial charge on any atom is -0.376 e. The minimum atomic E-state index is -0.149. The Kier molecular flexibility index (Phi) is 4.08. The molecule has 1 amide bonds. The molecule has 0 saturated carbocycles. The molecule has 24 heavy (non-hydrogen) atoms. The second-order valence-corrected chi connectivity index (χ2v) is 5.99. The summed E-state index contributed by atoms with van der Waals surface area (Å²) in [5.74, 6) is 1.09. The number of anilines is 1. The molecule has 124 valence electrons. The second-order valence-electron chi connectivity index (χ2n) is 5.99. The van der Waals surface area contributed by atoms with Crippen molar-refractivity contribution in [3.05, 3.63) is 35.8 Å². The number of pyridine rings is 1. The Morgan fingerprint density at radius 2 is 2.33 bits per heavy atom. The van der Waals surface area contributed by atoms with Crippen LogP contribution < -0.4 is 10.6 Å². The number of carbonyl (C=O) groups is 1. The number of nitrogens with one attached hydrogen (secondary N) is 2. The summed E-state index contributed by atoms with van der Waals surface area (Å²) in [6.07, 6.45) is 6.47. The molecule has 1 unspecified atom stereocenters. The second kappa shape index (κ2) is 6.52. The van der Waals surface area contributed by atoms with E-state index in [1.165, 1.54) is 0 Å². The summed E-state index contributed by atoms with van der Waals surface area (Å²) in [7, 11) is 0. The summed E-state index contributed by atoms with van der Waals surface area (Å²) in [6.45, 7) is 2.12. The zero-order valence-electron chi connectivity index (χ0n) is 13.3. The molecule has 0 aromatic carbocycles. The Morgan fingerprint density at radius 1 is 1.38 bits per heavy atom. The Bertz CT molecular complexity index is 744. The van der Waals surface area contributed by atoms with Crippen molar-refractivity contribution in [1.29, 1.82) is 0 Å². The van der Waals surface area contributed by atoms with Crippen molar-refractivity contribution in [2.45, 2.75) is 25.4 Å². The highest BCUT2D eigenvalue weighted by Crippen LogP contribution is 2.25. The molecule has 1 fully saturated rings. The molecule has 2 N–H and O–H groups in total. The lowest BCUT2D eigenvalue weighted by Gasteiger charge is -2.21. The number of hydrogen-bond acceptors (Lipinski definition) is 6. The fourth-order valence-electron chi connectivity index (χ4n) is 3.08. The average molecular weight is 325 g/mol. The van der Waals surface area contributed by atoms with Crippen LogP contribution in [0.3, 0.4) is 0 Å². The molecule has 0 aliphatic carbocycles. The highest BCUT2D eigenvalue weighted by Gasteiger charge is 2.25. The van der Waals surface area contributed by atoms with E-state index in [0.29, 0.717) is 24.6 Å². The van der Waals surface area contributed by atoms with Gasteiger partial charge in [-0.15, -0.1) is 0 Å². The fraction of sp³-hybridized carbons (Fsp3) is 0.412. The first-order chi connectivity index (χ1) is 11.8. The van der Waals surface area contributed by atoms with Crippen molar-refractivity contribution >= 4 is 11.7 Å². The maximum atomic E-state index is 12.2. The first-order valence-electron chi connectivity index (χ1n) is 8.26. The third-order valence-electron chi connectivity index (χ3n) is 4.32. The van der Waals surface area contributed by atoms with Crippen LogP contribution in [0.25, 0.3) is 11.4 Å². The van der Waals surface area contributed by atoms with Gasteiger partial charge in [0.15, 0.2) is 5.82 Å². The Morgan fingerprint density at radius 3 is 3.12 bits per heavy atom. The lowest BCUT2D eigenvalue weighted by Crippen LogP contribution is -2.34. The maximum absolute atomic E-state index is 12.2. The first-order valence-corrected chi connectivity index (χ1v) is 8.26. The summed E-state index contributed by atoms with van der Waals surface area (Å²) in [5, 5.41) is 6.21. The zero-order chi connectivity index (χ0) is 16.4. The van der Waals surface area contributed by atoms with Crippen molar-refractivity contribution in [1.82, 2.24) is 20.3 Å². The number of hydrogen-bond donors (Lipinski definition) is 2. The van der Waals surface area contributed by atoms with Gasteiger partial charge in [0.05, 0.1) is 6.10 Å². The van der Waals surface area contributed by atoms with E-state index in [2.05, 4.69) is 25.6 Å². The molecule has 0 radical (unpaired) electrons. The van der Waals surface area contributed by atoms with E-state index in [1.54, 1.807) is 12.4 Å². The predicted molar refractivity (Wildman–Crippen MR) is 88.8 cm³/mol. The van der Waals surface area contributed by atoms with Crippen LogP contribution in [-0.4, -0.2) is 46.7 Å². The summed E-state index contributed by atoms with van der Waals surface area (Å²) in [4.78, 5) is 25.4. The molecular weight excluding hydrogens is 306 g/mol. The van der Waals surface area contributed by atoms with Crippen molar-refractivity contribution in [3.63, 3.8) is 0 Å². The van der Waals surface area contributed by atoms with E-state index in [9.17, 15) is 4.79 Å². The third-order valence-corrected chi connectivity index (χ3v) is 4.32. The van der Waals surface area contributed by atoms with Gasteiger partial charge in [-0.1, -0.05) is 0 Å². The van der Waals surface area contributed by atoms with Crippen LogP contribution in [-0.2, 0) is 11.2 Å². The van der Waals surface area contributed by atoms with Gasteiger partial charge in [0, 0.05) is 43.2 Å². The van der Waals surface area contributed by atoms with Gasteiger partial charge in [-0.05, 0) is 31.4 Å². The Labute approximate surface area is 139 Å². The molecule has 1 saturated heterocycles. The summed E-state index contributed by atoms with van der Waals surface area (Å²) >= 11 is 0. The molecule has 4 heterocycles. The molecule has 4 rings (SSSR count). The molecule has 2 aliphatic heterocycles. The van der Waals surface area contributed by atoms with Crippen LogP contribution in [0.5, 0.6) is 0 Å². The van der Waals surface area contributed by atoms with Crippen LogP contribution in [0, 0.1) is 0 Å². The number of fused-ring (bicyclic) bond motifs is 1. The molecule has 0 bridgehead atoms. The van der Waals surface area contributed by atoms with E-state index in [1.807, 2.05) is 12.1 Å². The van der Waals surface area contributed by atoms with Crippen molar-refractivity contribution < 1.29 is 9.53 Å². The van der Waals surface area contributed by atoms with E-state index in [4.69, 9.17) is 4.74 Å². The molecule has 1 atom stereocenters. The van der Waals surface area contributed by atoms with Crippen LogP contribution in [0.15, 0.2) is 24.5 Å². The van der Waals surface area contributed by atoms with Crippen molar-refractivity contribution in [3.8, 4) is 11.4 Å². The standard InChI is InChI=1S/C17H19N5O2/c23-17-14-13(5-7-19-17)16(20-10-12-4-2-8-24-12)22-15(21-14)11-3-1-6-18-9-11/h1,3,6,9,12H,2,4-5,7-8,10H2,(H,19,23)(H,20,21,22). The van der Waals surface area contributed by atoms with E-state index in [0.717, 1.165) is 42.8 Å². The molecular formula is C17H19N5O2. The number of aromatic nitrogens is 3. The largest absolute Gasteiger partial charge is 0.376 e. The predicted octanol–water partition coefficient (Wildman–Crippen LogP) is 1.42. The van der Waals surface area contributed by atoms with E-state index >= 15 is 0 Å². The molecule has 0 spiro atoms. The van der Waals surface area contributed by atoms with Gasteiger partial charge in [-0.25, -0.2) is 9.97 Å². The zero-order valence-corrected chi connectivity index (χ0v) is 13.3. The minimum absolute atomic E-state index is 0.149. The lowest BCUT2D eigenvalue weighted by atomic mass is 10.1. The summed E-state index contributed by atoms with van der Waals surface area (Å²) in [6, 6.07) is 3.72. The molecule has 7 nitrogen and oxygen atoms in total. The van der Waals surface area contributed by atoms with Crippen LogP contribution in [0.2, 0.25) is 0 Å². The number of amides is 1. The molecule has 2 aromatic rings. The van der Waals surface area contributed by atoms with Crippen molar-refractivity contribution in [2.24, 2.45) is 0 Å². The van der Waals surface area contributed by atoms with Crippen molar-refractivity contribution in [2.75, 3.05) is 25.0 Å². The highest BCUT2D eigenvalue weighted by atomic mass is 16.5. The first kappa shape index (κ1) is 15.0. The van der Waals surface area contributed by atoms with E-state index < -0.39 is 0 Å². The normalized spacial score (nSPS) is 19.7. The quantitative estimate of drug-likeness (QED) is 0.884. The van der Waals surface area contributed by atoms with Gasteiger partial charge in [0.25, 0.3) is 5.91 Å². The van der Waals surface area contributed by atoms with E-state index in [-0.39, 0.29) is 12.0 Å². The number of nitrogens with zero attached hydrogens (tertiary/aromatic N) is 3. The van der Waals surface area contributed by atoms with Gasteiger partial charge >= 0.3 is 0 Å². The monoisotopic (exact) mass is 325 g/mol. The Hall–Kier alpha value is -2.54. The molecule has 2 aliphatic rings. The molecule has 7 heteroatoms. The smallest absolute Gasteiger partial charge is 0.270 e. The van der Waals surface area contributed by atoms with Crippen LogP contribution >= 0.6 is 0 Å². The van der Waals surface area contributed by atoms with Gasteiger partial charge in [0.2, 0.25) is 0 Å². The highest BCUT2D eigenvalue weighted by molar-refractivity contribution is 5.96. The molecule has 2 aromatic heterocycles. The Balaban J connectivity index is 1.69. The lowest BCUT2D eigenvalue weighted by molar-refractivity contribution is 0.0940. The fourth-order valence-corrected chi connectivity index (χ4v) is 3.08. The van der Waals surface area contributed by atoms with Gasteiger partial charge in [-0.3, -0.25) is 9.78 Å². The topological polar surface area (TPSA) is 89.0 Å². The average Bonchev–Trinajstić information content (AvgIpc) is 3.14. The van der Waals surface area contributed by atoms with Crippen LogP contribution in [0.1, 0.15) is 28.9 Å². The van der Waals surface area contributed by atoms with Crippen LogP contribution in [0.4, 0.5) is 5.82 Å². The number of rotatable bonds is 4. The number of carbonyl (C=O) groups excluding carboxylic acids is 1. The van der Waals surface area contributed by atoms with Gasteiger partial charge < -0.3 is 15.4 Å². The van der Waals surface area contributed by atoms with Gasteiger partial charge in [-0.2, -0.15) is 0 Å². The summed E-state index contributed by atoms with van der Waals surface area (Å²) < 4.78 is 5.66. The number of ether oxygens (including phenoxy) is 1. The third kappa shape index (κ3) is 2.94.